The molecule has 1 unspecified atom stereocenters. The van der Waals surface area contributed by atoms with Gasteiger partial charge in [-0.05, 0) is 50.1 Å². The van der Waals surface area contributed by atoms with Crippen molar-refractivity contribution in [2.75, 3.05) is 19.6 Å². The molecule has 1 aromatic carbocycles. The van der Waals surface area contributed by atoms with Crippen molar-refractivity contribution in [1.82, 2.24) is 10.2 Å². The quantitative estimate of drug-likeness (QED) is 0.802. The van der Waals surface area contributed by atoms with Gasteiger partial charge in [-0.3, -0.25) is 9.59 Å². The van der Waals surface area contributed by atoms with Crippen LogP contribution in [0.2, 0.25) is 5.02 Å². The van der Waals surface area contributed by atoms with E-state index >= 15 is 0 Å². The summed E-state index contributed by atoms with van der Waals surface area (Å²) in [7, 11) is 0. The Morgan fingerprint density at radius 1 is 1.38 bits per heavy atom. The summed E-state index contributed by atoms with van der Waals surface area (Å²) >= 11 is 5.83. The van der Waals surface area contributed by atoms with Crippen LogP contribution in [-0.4, -0.2) is 42.5 Å². The maximum Gasteiger partial charge on any atom is 0.245 e. The highest BCUT2D eigenvalue weighted by Gasteiger charge is 2.26. The molecule has 1 saturated heterocycles. The number of amides is 2. The lowest BCUT2D eigenvalue weighted by Gasteiger charge is -2.30. The van der Waals surface area contributed by atoms with E-state index in [1.807, 2.05) is 6.92 Å². The van der Waals surface area contributed by atoms with Gasteiger partial charge in [0.1, 0.15) is 11.9 Å². The van der Waals surface area contributed by atoms with Gasteiger partial charge in [-0.25, -0.2) is 0 Å². The van der Waals surface area contributed by atoms with Crippen LogP contribution in [0.25, 0.3) is 0 Å². The van der Waals surface area contributed by atoms with Gasteiger partial charge in [0, 0.05) is 24.0 Å². The van der Waals surface area contributed by atoms with Crippen LogP contribution in [0.3, 0.4) is 0 Å². The molecule has 0 aliphatic carbocycles. The first kappa shape index (κ1) is 18.3. The Balaban J connectivity index is 1.72. The molecule has 0 aromatic heterocycles. The smallest absolute Gasteiger partial charge is 0.245 e. The molecule has 6 heteroatoms. The van der Waals surface area contributed by atoms with Gasteiger partial charge < -0.3 is 15.0 Å². The number of nitrogens with one attached hydrogen (secondary N) is 1. The van der Waals surface area contributed by atoms with Gasteiger partial charge in [-0.15, -0.1) is 0 Å². The highest BCUT2D eigenvalue weighted by molar-refractivity contribution is 6.30. The van der Waals surface area contributed by atoms with Crippen LogP contribution in [0.5, 0.6) is 5.75 Å². The average molecular weight is 351 g/mol. The lowest BCUT2D eigenvalue weighted by atomic mass is 9.96. The molecule has 130 valence electrons. The van der Waals surface area contributed by atoms with E-state index in [9.17, 15) is 9.59 Å². The van der Waals surface area contributed by atoms with Crippen molar-refractivity contribution in [3.63, 3.8) is 0 Å². The molecule has 2 rings (SSSR count). The zero-order chi connectivity index (χ0) is 17.5. The lowest BCUT2D eigenvalue weighted by molar-refractivity contribution is -0.132. The van der Waals surface area contributed by atoms with E-state index in [1.54, 1.807) is 29.2 Å². The van der Waals surface area contributed by atoms with Crippen LogP contribution in [0.1, 0.15) is 19.8 Å². The van der Waals surface area contributed by atoms with Crippen LogP contribution in [0, 0.1) is 5.92 Å². The molecule has 2 amide bonds. The Morgan fingerprint density at radius 3 is 2.58 bits per heavy atom. The van der Waals surface area contributed by atoms with Gasteiger partial charge in [0.25, 0.3) is 0 Å². The normalized spacial score (nSPS) is 16.3. The van der Waals surface area contributed by atoms with Gasteiger partial charge in [0.2, 0.25) is 11.8 Å². The van der Waals surface area contributed by atoms with E-state index in [4.69, 9.17) is 16.3 Å². The summed E-state index contributed by atoms with van der Waals surface area (Å²) in [5, 5.41) is 3.59. The minimum Gasteiger partial charge on any atom is -0.489 e. The first-order chi connectivity index (χ1) is 11.5. The number of carbonyl (C=O) groups is 2. The largest absolute Gasteiger partial charge is 0.489 e. The van der Waals surface area contributed by atoms with E-state index in [0.29, 0.717) is 37.5 Å². The predicted molar refractivity (Wildman–Crippen MR) is 94.1 cm³/mol. The number of benzene rings is 1. The van der Waals surface area contributed by atoms with E-state index < -0.39 is 0 Å². The van der Waals surface area contributed by atoms with Crippen molar-refractivity contribution in [3.05, 3.63) is 41.9 Å². The van der Waals surface area contributed by atoms with Crippen LogP contribution >= 0.6 is 11.6 Å². The number of ether oxygens (including phenoxy) is 1. The summed E-state index contributed by atoms with van der Waals surface area (Å²) < 4.78 is 5.73. The molecule has 0 bridgehead atoms. The second-order valence-electron chi connectivity index (χ2n) is 5.93. The number of likely N-dealkylation sites (tertiary alicyclic amines) is 1. The molecule has 0 saturated carbocycles. The number of nitrogens with zero attached hydrogens (tertiary/aromatic N) is 1. The molecule has 1 heterocycles. The molecule has 0 spiro atoms. The summed E-state index contributed by atoms with van der Waals surface area (Å²) in [5.41, 5.74) is 0. The fourth-order valence-corrected chi connectivity index (χ4v) is 2.79. The van der Waals surface area contributed by atoms with Gasteiger partial charge in [0.15, 0.2) is 0 Å². The van der Waals surface area contributed by atoms with Crippen molar-refractivity contribution in [1.29, 1.82) is 0 Å². The number of carbonyl (C=O) groups excluding carboxylic acids is 2. The topological polar surface area (TPSA) is 58.6 Å². The highest BCUT2D eigenvalue weighted by Crippen LogP contribution is 2.18. The number of hydrogen-bond acceptors (Lipinski definition) is 3. The van der Waals surface area contributed by atoms with Gasteiger partial charge in [0.05, 0.1) is 6.54 Å². The van der Waals surface area contributed by atoms with Crippen molar-refractivity contribution < 1.29 is 14.3 Å². The van der Waals surface area contributed by atoms with E-state index in [1.165, 1.54) is 6.08 Å². The minimum atomic E-state index is -0.141. The Bertz CT molecular complexity index is 580. The Labute approximate surface area is 147 Å². The molecule has 1 atom stereocenters. The molecule has 1 aromatic rings. The first-order valence-corrected chi connectivity index (χ1v) is 8.48. The van der Waals surface area contributed by atoms with Crippen LogP contribution in [0.15, 0.2) is 36.9 Å². The summed E-state index contributed by atoms with van der Waals surface area (Å²) in [6.45, 7) is 7.02. The zero-order valence-corrected chi connectivity index (χ0v) is 14.6. The fraction of sp³-hybridized carbons (Fsp3) is 0.444. The lowest BCUT2D eigenvalue weighted by Crippen LogP contribution is -2.44. The van der Waals surface area contributed by atoms with E-state index in [0.717, 1.165) is 5.75 Å². The summed E-state index contributed by atoms with van der Waals surface area (Å²) in [6.07, 6.45) is 2.53. The average Bonchev–Trinajstić information content (AvgIpc) is 2.61. The third-order valence-electron chi connectivity index (χ3n) is 4.07. The maximum atomic E-state index is 12.2. The first-order valence-electron chi connectivity index (χ1n) is 8.11. The van der Waals surface area contributed by atoms with Crippen LogP contribution < -0.4 is 10.1 Å². The van der Waals surface area contributed by atoms with Crippen LogP contribution in [-0.2, 0) is 9.59 Å². The van der Waals surface area contributed by atoms with Crippen molar-refractivity contribution >= 4 is 23.4 Å². The zero-order valence-electron chi connectivity index (χ0n) is 13.8. The molecular weight excluding hydrogens is 328 g/mol. The van der Waals surface area contributed by atoms with Gasteiger partial charge in [-0.2, -0.15) is 0 Å². The fourth-order valence-electron chi connectivity index (χ4n) is 2.67. The monoisotopic (exact) mass is 350 g/mol. The van der Waals surface area contributed by atoms with Gasteiger partial charge >= 0.3 is 0 Å². The Hall–Kier alpha value is -2.01. The maximum absolute atomic E-state index is 12.2. The second kappa shape index (κ2) is 8.73. The highest BCUT2D eigenvalue weighted by atomic mass is 35.5. The van der Waals surface area contributed by atoms with Crippen molar-refractivity contribution in [3.8, 4) is 5.75 Å². The molecular formula is C18H23ClN2O3. The number of piperidine rings is 1. The predicted octanol–water partition coefficient (Wildman–Crippen LogP) is 2.65. The SMILES string of the molecule is C=CC(=O)N1CCC(C(=O)NCC(C)Oc2ccc(Cl)cc2)CC1. The molecule has 1 N–H and O–H groups in total. The van der Waals surface area contributed by atoms with E-state index in [2.05, 4.69) is 11.9 Å². The third-order valence-corrected chi connectivity index (χ3v) is 4.32. The molecule has 5 nitrogen and oxygen atoms in total. The standard InChI is InChI=1S/C18H23ClN2O3/c1-3-17(22)21-10-8-14(9-11-21)18(23)20-12-13(2)24-16-6-4-15(19)5-7-16/h3-7,13-14H,1,8-12H2,2H3,(H,20,23). The Morgan fingerprint density at radius 2 is 2.00 bits per heavy atom. The number of hydrogen-bond donors (Lipinski definition) is 1. The molecule has 1 aliphatic heterocycles. The molecule has 24 heavy (non-hydrogen) atoms. The molecule has 1 aliphatic rings. The molecule has 1 fully saturated rings. The summed E-state index contributed by atoms with van der Waals surface area (Å²) in [6, 6.07) is 7.13. The minimum absolute atomic E-state index is 0.0206. The second-order valence-corrected chi connectivity index (χ2v) is 6.37. The summed E-state index contributed by atoms with van der Waals surface area (Å²) in [5.74, 6) is 0.616. The van der Waals surface area contributed by atoms with Crippen molar-refractivity contribution in [2.24, 2.45) is 5.92 Å². The van der Waals surface area contributed by atoms with Gasteiger partial charge in [-0.1, -0.05) is 18.2 Å². The number of rotatable bonds is 6. The summed E-state index contributed by atoms with van der Waals surface area (Å²) in [4.78, 5) is 25.5. The molecule has 0 radical (unpaired) electrons. The van der Waals surface area contributed by atoms with E-state index in [-0.39, 0.29) is 23.8 Å². The third kappa shape index (κ3) is 5.27. The number of halogens is 1. The Kier molecular flexibility index (Phi) is 6.67. The van der Waals surface area contributed by atoms with Crippen LogP contribution in [0.4, 0.5) is 0 Å². The van der Waals surface area contributed by atoms with Crippen molar-refractivity contribution in [2.45, 2.75) is 25.9 Å².